The Kier molecular flexibility index (Phi) is 4.70. The van der Waals surface area contributed by atoms with E-state index in [1.54, 1.807) is 14.2 Å². The zero-order valence-electron chi connectivity index (χ0n) is 10.2. The van der Waals surface area contributed by atoms with Crippen LogP contribution in [-0.2, 0) is 0 Å². The lowest BCUT2D eigenvalue weighted by Crippen LogP contribution is -2.02. The summed E-state index contributed by atoms with van der Waals surface area (Å²) < 4.78 is 10.4. The van der Waals surface area contributed by atoms with E-state index in [0.717, 1.165) is 30.2 Å². The Hall–Kier alpha value is -1.64. The molecule has 0 unspecified atom stereocenters. The highest BCUT2D eigenvalue weighted by Gasteiger charge is 2.03. The van der Waals surface area contributed by atoms with Crippen LogP contribution in [0.2, 0.25) is 0 Å². The fraction of sp³-hybridized carbons (Fsp3) is 0.385. The van der Waals surface area contributed by atoms with E-state index in [1.165, 1.54) is 5.57 Å². The molecule has 3 heteroatoms. The fourth-order valence-electron chi connectivity index (χ4n) is 1.37. The molecule has 88 valence electrons. The first-order chi connectivity index (χ1) is 7.67. The highest BCUT2D eigenvalue weighted by molar-refractivity contribution is 5.54. The van der Waals surface area contributed by atoms with Gasteiger partial charge in [0.05, 0.1) is 14.2 Å². The second kappa shape index (κ2) is 6.05. The van der Waals surface area contributed by atoms with Crippen LogP contribution in [0.5, 0.6) is 11.5 Å². The molecule has 0 heterocycles. The van der Waals surface area contributed by atoms with Crippen LogP contribution in [0.4, 0.5) is 5.69 Å². The molecule has 1 N–H and O–H groups in total. The monoisotopic (exact) mass is 221 g/mol. The first-order valence-electron chi connectivity index (χ1n) is 5.27. The molecule has 16 heavy (non-hydrogen) atoms. The van der Waals surface area contributed by atoms with Crippen molar-refractivity contribution in [3.05, 3.63) is 30.4 Å². The molecular formula is C13H19NO2. The van der Waals surface area contributed by atoms with Crippen LogP contribution in [0.1, 0.15) is 13.3 Å². The first kappa shape index (κ1) is 12.4. The van der Waals surface area contributed by atoms with Gasteiger partial charge in [-0.15, -0.1) is 6.58 Å². The second-order valence-corrected chi connectivity index (χ2v) is 3.70. The number of hydrogen-bond donors (Lipinski definition) is 1. The molecule has 0 radical (unpaired) electrons. The number of hydrogen-bond acceptors (Lipinski definition) is 3. The number of benzene rings is 1. The van der Waals surface area contributed by atoms with Crippen molar-refractivity contribution in [2.24, 2.45) is 0 Å². The lowest BCUT2D eigenvalue weighted by atomic mass is 10.2. The van der Waals surface area contributed by atoms with Crippen molar-refractivity contribution in [1.82, 2.24) is 0 Å². The summed E-state index contributed by atoms with van der Waals surface area (Å²) in [7, 11) is 3.27. The number of nitrogens with one attached hydrogen (secondary N) is 1. The smallest absolute Gasteiger partial charge is 0.162 e. The van der Waals surface area contributed by atoms with Crippen molar-refractivity contribution in [2.75, 3.05) is 26.1 Å². The van der Waals surface area contributed by atoms with Crippen molar-refractivity contribution >= 4 is 5.69 Å². The van der Waals surface area contributed by atoms with Crippen LogP contribution in [0.25, 0.3) is 0 Å². The Bertz CT molecular complexity index is 361. The summed E-state index contributed by atoms with van der Waals surface area (Å²) in [6.07, 6.45) is 0.967. The van der Waals surface area contributed by atoms with Gasteiger partial charge in [-0.2, -0.15) is 0 Å². The molecule has 0 spiro atoms. The predicted molar refractivity (Wildman–Crippen MR) is 67.5 cm³/mol. The third kappa shape index (κ3) is 3.50. The van der Waals surface area contributed by atoms with Crippen molar-refractivity contribution in [3.63, 3.8) is 0 Å². The van der Waals surface area contributed by atoms with Gasteiger partial charge in [-0.1, -0.05) is 5.57 Å². The van der Waals surface area contributed by atoms with E-state index >= 15 is 0 Å². The maximum Gasteiger partial charge on any atom is 0.162 e. The van der Waals surface area contributed by atoms with Gasteiger partial charge in [0.15, 0.2) is 11.5 Å². The molecule has 0 aliphatic carbocycles. The quantitative estimate of drug-likeness (QED) is 0.749. The molecule has 1 aromatic carbocycles. The highest BCUT2D eigenvalue weighted by atomic mass is 16.5. The van der Waals surface area contributed by atoms with Crippen molar-refractivity contribution in [2.45, 2.75) is 13.3 Å². The normalized spacial score (nSPS) is 9.69. The molecule has 0 amide bonds. The minimum Gasteiger partial charge on any atom is -0.493 e. The van der Waals surface area contributed by atoms with Gasteiger partial charge in [0.25, 0.3) is 0 Å². The lowest BCUT2D eigenvalue weighted by Gasteiger charge is -2.11. The zero-order valence-corrected chi connectivity index (χ0v) is 10.2. The Morgan fingerprint density at radius 1 is 1.25 bits per heavy atom. The Morgan fingerprint density at radius 3 is 2.50 bits per heavy atom. The average Bonchev–Trinajstić information content (AvgIpc) is 2.28. The third-order valence-corrected chi connectivity index (χ3v) is 2.26. The SMILES string of the molecule is C=C(C)CCNc1ccc(OC)c(OC)c1. The van der Waals surface area contributed by atoms with Gasteiger partial charge in [-0.05, 0) is 25.5 Å². The summed E-state index contributed by atoms with van der Waals surface area (Å²) in [5.41, 5.74) is 2.20. The molecule has 1 aromatic rings. The largest absolute Gasteiger partial charge is 0.493 e. The van der Waals surface area contributed by atoms with E-state index in [2.05, 4.69) is 11.9 Å². The molecule has 3 nitrogen and oxygen atoms in total. The zero-order chi connectivity index (χ0) is 12.0. The number of anilines is 1. The summed E-state index contributed by atoms with van der Waals surface area (Å²) in [5.74, 6) is 1.48. The van der Waals surface area contributed by atoms with Gasteiger partial charge in [0.1, 0.15) is 0 Å². The second-order valence-electron chi connectivity index (χ2n) is 3.70. The summed E-state index contributed by atoms with van der Waals surface area (Å²) in [6, 6.07) is 5.79. The Morgan fingerprint density at radius 2 is 1.94 bits per heavy atom. The molecule has 0 bridgehead atoms. The van der Waals surface area contributed by atoms with Gasteiger partial charge < -0.3 is 14.8 Å². The van der Waals surface area contributed by atoms with E-state index in [-0.39, 0.29) is 0 Å². The molecular weight excluding hydrogens is 202 g/mol. The molecule has 0 atom stereocenters. The standard InChI is InChI=1S/C13H19NO2/c1-10(2)7-8-14-11-5-6-12(15-3)13(9-11)16-4/h5-6,9,14H,1,7-8H2,2-4H3. The van der Waals surface area contributed by atoms with Crippen LogP contribution in [0, 0.1) is 0 Å². The number of ether oxygens (including phenoxy) is 2. The van der Waals surface area contributed by atoms with Gasteiger partial charge in [-0.25, -0.2) is 0 Å². The van der Waals surface area contributed by atoms with Crippen LogP contribution in [0.15, 0.2) is 30.4 Å². The topological polar surface area (TPSA) is 30.5 Å². The Labute approximate surface area is 97.1 Å². The molecule has 0 aliphatic rings. The fourth-order valence-corrected chi connectivity index (χ4v) is 1.37. The maximum atomic E-state index is 5.22. The van der Waals surface area contributed by atoms with Crippen molar-refractivity contribution in [1.29, 1.82) is 0 Å². The first-order valence-corrected chi connectivity index (χ1v) is 5.27. The van der Waals surface area contributed by atoms with Crippen LogP contribution < -0.4 is 14.8 Å². The Balaban J connectivity index is 2.64. The summed E-state index contributed by atoms with van der Waals surface area (Å²) >= 11 is 0. The van der Waals surface area contributed by atoms with E-state index in [4.69, 9.17) is 9.47 Å². The van der Waals surface area contributed by atoms with Crippen molar-refractivity contribution < 1.29 is 9.47 Å². The minimum atomic E-state index is 0.739. The molecule has 0 aromatic heterocycles. The minimum absolute atomic E-state index is 0.739. The highest BCUT2D eigenvalue weighted by Crippen LogP contribution is 2.29. The lowest BCUT2D eigenvalue weighted by molar-refractivity contribution is 0.355. The van der Waals surface area contributed by atoms with E-state index in [9.17, 15) is 0 Å². The van der Waals surface area contributed by atoms with Gasteiger partial charge >= 0.3 is 0 Å². The molecule has 0 saturated carbocycles. The van der Waals surface area contributed by atoms with Crippen molar-refractivity contribution in [3.8, 4) is 11.5 Å². The average molecular weight is 221 g/mol. The summed E-state index contributed by atoms with van der Waals surface area (Å²) in [6.45, 7) is 6.77. The van der Waals surface area contributed by atoms with E-state index in [0.29, 0.717) is 0 Å². The molecule has 1 rings (SSSR count). The summed E-state index contributed by atoms with van der Waals surface area (Å²) in [5, 5.41) is 3.31. The van der Waals surface area contributed by atoms with Gasteiger partial charge in [0.2, 0.25) is 0 Å². The van der Waals surface area contributed by atoms with Crippen LogP contribution in [-0.4, -0.2) is 20.8 Å². The van der Waals surface area contributed by atoms with Crippen LogP contribution >= 0.6 is 0 Å². The number of rotatable bonds is 6. The van der Waals surface area contributed by atoms with Gasteiger partial charge in [0, 0.05) is 18.3 Å². The summed E-state index contributed by atoms with van der Waals surface area (Å²) in [4.78, 5) is 0. The van der Waals surface area contributed by atoms with Gasteiger partial charge in [-0.3, -0.25) is 0 Å². The molecule has 0 fully saturated rings. The predicted octanol–water partition coefficient (Wildman–Crippen LogP) is 3.08. The maximum absolute atomic E-state index is 5.22. The van der Waals surface area contributed by atoms with E-state index in [1.807, 2.05) is 25.1 Å². The molecule has 0 saturated heterocycles. The van der Waals surface area contributed by atoms with Crippen LogP contribution in [0.3, 0.4) is 0 Å². The third-order valence-electron chi connectivity index (χ3n) is 2.26. The molecule has 0 aliphatic heterocycles. The van der Waals surface area contributed by atoms with E-state index < -0.39 is 0 Å². The number of methoxy groups -OCH3 is 2.